The molecule has 8 heteroatoms. The van der Waals surface area contributed by atoms with Gasteiger partial charge in [-0.15, -0.1) is 0 Å². The lowest BCUT2D eigenvalue weighted by Gasteiger charge is -2.33. The highest BCUT2D eigenvalue weighted by Crippen LogP contribution is 2.26. The van der Waals surface area contributed by atoms with Gasteiger partial charge in [0.05, 0.1) is 5.56 Å². The Balaban J connectivity index is 1.66. The zero-order chi connectivity index (χ0) is 19.2. The summed E-state index contributed by atoms with van der Waals surface area (Å²) in [5.41, 5.74) is 0.483. The van der Waals surface area contributed by atoms with Crippen molar-refractivity contribution in [1.82, 2.24) is 15.0 Å². The monoisotopic (exact) mass is 373 g/mol. The first-order valence-electron chi connectivity index (χ1n) is 9.05. The average Bonchev–Trinajstić information content (AvgIpc) is 3.10. The number of amides is 1. The average molecular weight is 373 g/mol. The Bertz CT molecular complexity index is 804. The van der Waals surface area contributed by atoms with Crippen LogP contribution in [0.4, 0.5) is 0 Å². The lowest BCUT2D eigenvalue weighted by Crippen LogP contribution is -2.40. The number of nitrogens with zero attached hydrogens (tertiary/aromatic N) is 3. The van der Waals surface area contributed by atoms with Gasteiger partial charge in [0, 0.05) is 26.4 Å². The van der Waals surface area contributed by atoms with Crippen molar-refractivity contribution in [3.63, 3.8) is 0 Å². The molecule has 0 aliphatic carbocycles. The minimum absolute atomic E-state index is 0.102. The van der Waals surface area contributed by atoms with E-state index in [1.807, 2.05) is 0 Å². The van der Waals surface area contributed by atoms with Gasteiger partial charge in [-0.05, 0) is 37.3 Å². The van der Waals surface area contributed by atoms with Gasteiger partial charge in [0.15, 0.2) is 6.61 Å². The molecular formula is C19H23N3O5. The number of piperidine rings is 1. The zero-order valence-corrected chi connectivity index (χ0v) is 15.3. The second-order valence-electron chi connectivity index (χ2n) is 6.71. The molecule has 27 heavy (non-hydrogen) atoms. The summed E-state index contributed by atoms with van der Waals surface area (Å²) < 4.78 is 10.7. The summed E-state index contributed by atoms with van der Waals surface area (Å²) in [7, 11) is 0. The number of carbonyl (C=O) groups excluding carboxylic acids is 1. The maximum Gasteiger partial charge on any atom is 0.303 e. The van der Waals surface area contributed by atoms with Gasteiger partial charge in [-0.3, -0.25) is 9.59 Å². The number of carbonyl (C=O) groups is 2. The highest BCUT2D eigenvalue weighted by Gasteiger charge is 2.26. The van der Waals surface area contributed by atoms with Gasteiger partial charge in [0.25, 0.3) is 5.91 Å². The van der Waals surface area contributed by atoms with Crippen LogP contribution in [0.3, 0.4) is 0 Å². The van der Waals surface area contributed by atoms with E-state index in [-0.39, 0.29) is 24.9 Å². The molecule has 0 radical (unpaired) electrons. The van der Waals surface area contributed by atoms with E-state index < -0.39 is 5.97 Å². The van der Waals surface area contributed by atoms with Gasteiger partial charge in [0.2, 0.25) is 11.7 Å². The molecule has 1 aromatic carbocycles. The molecule has 8 nitrogen and oxygen atoms in total. The van der Waals surface area contributed by atoms with Gasteiger partial charge in [-0.25, -0.2) is 0 Å². The molecule has 1 atom stereocenters. The van der Waals surface area contributed by atoms with Crippen molar-refractivity contribution >= 4 is 11.9 Å². The fourth-order valence-electron chi connectivity index (χ4n) is 3.29. The highest BCUT2D eigenvalue weighted by molar-refractivity contribution is 5.97. The van der Waals surface area contributed by atoms with Gasteiger partial charge in [-0.2, -0.15) is 4.98 Å². The predicted molar refractivity (Wildman–Crippen MR) is 95.3 cm³/mol. The molecule has 2 aromatic rings. The van der Waals surface area contributed by atoms with Crippen molar-refractivity contribution in [3.8, 4) is 5.75 Å². The number of aromatic nitrogens is 2. The van der Waals surface area contributed by atoms with E-state index in [0.29, 0.717) is 42.5 Å². The second kappa shape index (κ2) is 8.66. The molecule has 144 valence electrons. The number of aliphatic carboxylic acids is 1. The minimum Gasteiger partial charge on any atom is -0.485 e. The van der Waals surface area contributed by atoms with Crippen LogP contribution in [-0.2, 0) is 11.4 Å². The van der Waals surface area contributed by atoms with E-state index in [4.69, 9.17) is 14.4 Å². The molecule has 0 saturated carbocycles. The molecule has 1 N–H and O–H groups in total. The standard InChI is InChI=1S/C19H23N3O5/c1-13-20-17(21-27-13)12-26-16-7-3-2-6-15(16)19(25)22-10-4-5-14(11-22)8-9-18(23)24/h2-3,6-7,14H,4-5,8-12H2,1H3,(H,23,24). The number of carboxylic acid groups (broad SMARTS) is 1. The van der Waals surface area contributed by atoms with Gasteiger partial charge >= 0.3 is 5.97 Å². The molecule has 1 aromatic heterocycles. The number of para-hydroxylation sites is 1. The third-order valence-electron chi connectivity index (χ3n) is 4.62. The molecule has 1 saturated heterocycles. The number of ether oxygens (including phenoxy) is 1. The van der Waals surface area contributed by atoms with Crippen LogP contribution in [-0.4, -0.2) is 45.1 Å². The fraction of sp³-hybridized carbons (Fsp3) is 0.474. The number of carboxylic acids is 1. The number of aryl methyl sites for hydroxylation is 1. The molecule has 3 rings (SSSR count). The van der Waals surface area contributed by atoms with Crippen LogP contribution in [0.15, 0.2) is 28.8 Å². The van der Waals surface area contributed by atoms with Crippen molar-refractivity contribution in [2.24, 2.45) is 5.92 Å². The zero-order valence-electron chi connectivity index (χ0n) is 15.3. The summed E-state index contributed by atoms with van der Waals surface area (Å²) in [6.07, 6.45) is 2.55. The molecular weight excluding hydrogens is 350 g/mol. The van der Waals surface area contributed by atoms with Gasteiger partial charge in [0.1, 0.15) is 5.75 Å². The van der Waals surface area contributed by atoms with E-state index >= 15 is 0 Å². The Hall–Kier alpha value is -2.90. The van der Waals surface area contributed by atoms with Gasteiger partial charge in [-0.1, -0.05) is 17.3 Å². The molecule has 1 aliphatic heterocycles. The lowest BCUT2D eigenvalue weighted by molar-refractivity contribution is -0.137. The Morgan fingerprint density at radius 1 is 1.37 bits per heavy atom. The molecule has 1 fully saturated rings. The maximum absolute atomic E-state index is 13.0. The summed E-state index contributed by atoms with van der Waals surface area (Å²) in [5, 5.41) is 12.7. The SMILES string of the molecule is Cc1nc(COc2ccccc2C(=O)N2CCCC(CCC(=O)O)C2)no1. The highest BCUT2D eigenvalue weighted by atomic mass is 16.5. The van der Waals surface area contributed by atoms with Crippen molar-refractivity contribution in [1.29, 1.82) is 0 Å². The third kappa shape index (κ3) is 5.06. The number of rotatable bonds is 7. The first-order valence-corrected chi connectivity index (χ1v) is 9.05. The third-order valence-corrected chi connectivity index (χ3v) is 4.62. The summed E-state index contributed by atoms with van der Waals surface area (Å²) in [4.78, 5) is 29.7. The lowest BCUT2D eigenvalue weighted by atomic mass is 9.93. The predicted octanol–water partition coefficient (Wildman–Crippen LogP) is 2.67. The Labute approximate surface area is 157 Å². The molecule has 0 spiro atoms. The minimum atomic E-state index is -0.797. The number of hydrogen-bond acceptors (Lipinski definition) is 6. The number of benzene rings is 1. The van der Waals surface area contributed by atoms with E-state index in [2.05, 4.69) is 10.1 Å². The van der Waals surface area contributed by atoms with Crippen molar-refractivity contribution in [3.05, 3.63) is 41.5 Å². The Kier molecular flexibility index (Phi) is 6.05. The van der Waals surface area contributed by atoms with Crippen LogP contribution in [0.25, 0.3) is 0 Å². The molecule has 1 unspecified atom stereocenters. The molecule has 1 amide bonds. The topological polar surface area (TPSA) is 106 Å². The van der Waals surface area contributed by atoms with E-state index in [1.54, 1.807) is 36.1 Å². The van der Waals surface area contributed by atoms with Crippen molar-refractivity contribution in [2.45, 2.75) is 39.2 Å². The quantitative estimate of drug-likeness (QED) is 0.795. The normalized spacial score (nSPS) is 16.9. The maximum atomic E-state index is 13.0. The van der Waals surface area contributed by atoms with Gasteiger partial charge < -0.3 is 19.3 Å². The smallest absolute Gasteiger partial charge is 0.303 e. The van der Waals surface area contributed by atoms with E-state index in [1.165, 1.54) is 0 Å². The van der Waals surface area contributed by atoms with Crippen molar-refractivity contribution in [2.75, 3.05) is 13.1 Å². The van der Waals surface area contributed by atoms with Crippen LogP contribution in [0.1, 0.15) is 47.8 Å². The molecule has 2 heterocycles. The Morgan fingerprint density at radius 2 is 2.19 bits per heavy atom. The summed E-state index contributed by atoms with van der Waals surface area (Å²) >= 11 is 0. The van der Waals surface area contributed by atoms with Crippen molar-refractivity contribution < 1.29 is 24.0 Å². The largest absolute Gasteiger partial charge is 0.485 e. The molecule has 1 aliphatic rings. The number of likely N-dealkylation sites (tertiary alicyclic amines) is 1. The first-order chi connectivity index (χ1) is 13.0. The summed E-state index contributed by atoms with van der Waals surface area (Å²) in [5.74, 6) is 0.663. The van der Waals surface area contributed by atoms with Crippen LogP contribution >= 0.6 is 0 Å². The fourth-order valence-corrected chi connectivity index (χ4v) is 3.29. The van der Waals surface area contributed by atoms with Crippen LogP contribution in [0, 0.1) is 12.8 Å². The molecule has 0 bridgehead atoms. The Morgan fingerprint density at radius 3 is 2.93 bits per heavy atom. The van der Waals surface area contributed by atoms with Crippen LogP contribution in [0.2, 0.25) is 0 Å². The second-order valence-corrected chi connectivity index (χ2v) is 6.71. The van der Waals surface area contributed by atoms with E-state index in [9.17, 15) is 9.59 Å². The number of hydrogen-bond donors (Lipinski definition) is 1. The summed E-state index contributed by atoms with van der Waals surface area (Å²) in [6, 6.07) is 7.08. The van der Waals surface area contributed by atoms with Crippen LogP contribution in [0.5, 0.6) is 5.75 Å². The first kappa shape index (κ1) is 18.9. The van der Waals surface area contributed by atoms with Crippen LogP contribution < -0.4 is 4.74 Å². The summed E-state index contributed by atoms with van der Waals surface area (Å²) in [6.45, 7) is 3.05. The van der Waals surface area contributed by atoms with E-state index in [0.717, 1.165) is 12.8 Å².